The summed E-state index contributed by atoms with van der Waals surface area (Å²) in [5.41, 5.74) is 2.32. The molecule has 0 aliphatic carbocycles. The molecule has 0 saturated carbocycles. The Morgan fingerprint density at radius 1 is 1.14 bits per heavy atom. The lowest BCUT2D eigenvalue weighted by Gasteiger charge is -2.30. The van der Waals surface area contributed by atoms with Gasteiger partial charge in [-0.2, -0.15) is 0 Å². The summed E-state index contributed by atoms with van der Waals surface area (Å²) < 4.78 is 5.06. The average molecular weight is 518 g/mol. The summed E-state index contributed by atoms with van der Waals surface area (Å²) in [6.45, 7) is 12.2. The van der Waals surface area contributed by atoms with Gasteiger partial charge in [0.15, 0.2) is 5.96 Å². The molecule has 1 heterocycles. The Morgan fingerprint density at radius 3 is 2.52 bits per heavy atom. The molecule has 0 spiro atoms. The van der Waals surface area contributed by atoms with Crippen LogP contribution >= 0.6 is 24.0 Å². The number of nitrogens with zero attached hydrogens (tertiary/aromatic N) is 2. The maximum atomic E-state index is 5.06. The molecule has 0 atom stereocenters. The van der Waals surface area contributed by atoms with Gasteiger partial charge in [-0.15, -0.1) is 24.0 Å². The topological polar surface area (TPSA) is 60.9 Å². The van der Waals surface area contributed by atoms with Crippen LogP contribution in [0.5, 0.6) is 0 Å². The summed E-state index contributed by atoms with van der Waals surface area (Å²) in [7, 11) is 1.72. The van der Waals surface area contributed by atoms with E-state index in [1.807, 2.05) is 0 Å². The molecule has 1 saturated heterocycles. The Kier molecular flexibility index (Phi) is 14.1. The second kappa shape index (κ2) is 15.7. The van der Waals surface area contributed by atoms with Gasteiger partial charge in [0.2, 0.25) is 0 Å². The fourth-order valence-electron chi connectivity index (χ4n) is 3.33. The van der Waals surface area contributed by atoms with Gasteiger partial charge < -0.3 is 25.6 Å². The Hall–Kier alpha value is -1.06. The molecule has 29 heavy (non-hydrogen) atoms. The molecule has 0 radical (unpaired) electrons. The number of methoxy groups -OCH3 is 1. The van der Waals surface area contributed by atoms with Crippen LogP contribution in [0.1, 0.15) is 38.7 Å². The van der Waals surface area contributed by atoms with E-state index in [4.69, 9.17) is 9.73 Å². The van der Waals surface area contributed by atoms with Crippen LogP contribution in [0.4, 0.5) is 5.69 Å². The number of piperidine rings is 1. The molecule has 7 heteroatoms. The van der Waals surface area contributed by atoms with Crippen molar-refractivity contribution in [1.82, 2.24) is 15.5 Å². The predicted molar refractivity (Wildman–Crippen MR) is 134 cm³/mol. The zero-order chi connectivity index (χ0) is 20.0. The van der Waals surface area contributed by atoms with E-state index >= 15 is 0 Å². The molecule has 166 valence electrons. The molecule has 0 bridgehead atoms. The number of nitrogens with one attached hydrogen (secondary N) is 3. The summed E-state index contributed by atoms with van der Waals surface area (Å²) in [5, 5.41) is 10.1. The lowest BCUT2D eigenvalue weighted by Crippen LogP contribution is -2.39. The van der Waals surface area contributed by atoms with Crippen LogP contribution in [0, 0.1) is 5.92 Å². The largest absolute Gasteiger partial charge is 0.383 e. The van der Waals surface area contributed by atoms with Crippen LogP contribution in [-0.2, 0) is 11.3 Å². The van der Waals surface area contributed by atoms with Gasteiger partial charge in [0.05, 0.1) is 13.2 Å². The summed E-state index contributed by atoms with van der Waals surface area (Å²) >= 11 is 0. The van der Waals surface area contributed by atoms with Gasteiger partial charge in [-0.3, -0.25) is 0 Å². The number of benzene rings is 1. The minimum atomic E-state index is 0. The van der Waals surface area contributed by atoms with Crippen molar-refractivity contribution in [2.24, 2.45) is 10.9 Å². The maximum Gasteiger partial charge on any atom is 0.191 e. The molecule has 0 unspecified atom stereocenters. The first-order valence-corrected chi connectivity index (χ1v) is 10.8. The SMILES string of the molecule is CCNC(=NCc1ccc(NCCOC)cc1)NCCCN1CCC(C)CC1.I. The number of rotatable bonds is 11. The zero-order valence-corrected chi connectivity index (χ0v) is 20.7. The Balaban J connectivity index is 0.00000420. The molecular formula is C22H40IN5O. The second-order valence-electron chi connectivity index (χ2n) is 7.62. The van der Waals surface area contributed by atoms with Crippen molar-refractivity contribution in [3.05, 3.63) is 29.8 Å². The Bertz CT molecular complexity index is 559. The van der Waals surface area contributed by atoms with Gasteiger partial charge in [-0.1, -0.05) is 19.1 Å². The summed E-state index contributed by atoms with van der Waals surface area (Å²) in [5.74, 6) is 1.80. The van der Waals surface area contributed by atoms with E-state index in [9.17, 15) is 0 Å². The minimum Gasteiger partial charge on any atom is -0.383 e. The second-order valence-corrected chi connectivity index (χ2v) is 7.62. The summed E-state index contributed by atoms with van der Waals surface area (Å²) in [6, 6.07) is 8.44. The average Bonchev–Trinajstić information content (AvgIpc) is 2.72. The van der Waals surface area contributed by atoms with Gasteiger partial charge in [0, 0.05) is 32.4 Å². The highest BCUT2D eigenvalue weighted by molar-refractivity contribution is 14.0. The summed E-state index contributed by atoms with van der Waals surface area (Å²) in [4.78, 5) is 7.31. The molecule has 1 aliphatic heterocycles. The number of anilines is 1. The first-order valence-electron chi connectivity index (χ1n) is 10.8. The van der Waals surface area contributed by atoms with Crippen molar-refractivity contribution >= 4 is 35.6 Å². The molecule has 0 aromatic heterocycles. The number of ether oxygens (including phenoxy) is 1. The highest BCUT2D eigenvalue weighted by Gasteiger charge is 2.14. The number of guanidine groups is 1. The number of halogens is 1. The molecule has 3 N–H and O–H groups in total. The van der Waals surface area contributed by atoms with E-state index in [1.54, 1.807) is 7.11 Å². The Morgan fingerprint density at radius 2 is 1.86 bits per heavy atom. The van der Waals surface area contributed by atoms with E-state index < -0.39 is 0 Å². The van der Waals surface area contributed by atoms with Crippen LogP contribution in [0.3, 0.4) is 0 Å². The molecule has 1 fully saturated rings. The smallest absolute Gasteiger partial charge is 0.191 e. The van der Waals surface area contributed by atoms with Crippen molar-refractivity contribution in [1.29, 1.82) is 0 Å². The number of likely N-dealkylation sites (tertiary alicyclic amines) is 1. The fourth-order valence-corrected chi connectivity index (χ4v) is 3.33. The van der Waals surface area contributed by atoms with Crippen LogP contribution < -0.4 is 16.0 Å². The third-order valence-electron chi connectivity index (χ3n) is 5.17. The quantitative estimate of drug-likeness (QED) is 0.182. The molecule has 1 aromatic rings. The van der Waals surface area contributed by atoms with Crippen LogP contribution in [0.25, 0.3) is 0 Å². The van der Waals surface area contributed by atoms with Crippen molar-refractivity contribution < 1.29 is 4.74 Å². The van der Waals surface area contributed by atoms with Crippen LogP contribution in [0.15, 0.2) is 29.3 Å². The zero-order valence-electron chi connectivity index (χ0n) is 18.4. The van der Waals surface area contributed by atoms with Crippen molar-refractivity contribution in [2.75, 3.05) is 58.3 Å². The lowest BCUT2D eigenvalue weighted by atomic mass is 9.99. The standard InChI is InChI=1S/C22H39N5O.HI/c1-4-23-22(25-12-5-14-27-15-10-19(2)11-16-27)26-18-20-6-8-21(9-7-20)24-13-17-28-3;/h6-9,19,24H,4-5,10-18H2,1-3H3,(H2,23,25,26);1H. The van der Waals surface area contributed by atoms with E-state index in [1.165, 1.54) is 38.0 Å². The van der Waals surface area contributed by atoms with Crippen molar-refractivity contribution in [3.8, 4) is 0 Å². The van der Waals surface area contributed by atoms with E-state index in [2.05, 4.69) is 59.0 Å². The molecule has 6 nitrogen and oxygen atoms in total. The van der Waals surface area contributed by atoms with Crippen molar-refractivity contribution in [2.45, 2.75) is 39.7 Å². The third kappa shape index (κ3) is 11.1. The minimum absolute atomic E-state index is 0. The molecular weight excluding hydrogens is 477 g/mol. The van der Waals surface area contributed by atoms with E-state index in [0.717, 1.165) is 43.6 Å². The van der Waals surface area contributed by atoms with Crippen LogP contribution in [0.2, 0.25) is 0 Å². The Labute approximate surface area is 194 Å². The number of hydrogen-bond acceptors (Lipinski definition) is 4. The first kappa shape index (κ1) is 26.0. The highest BCUT2D eigenvalue weighted by atomic mass is 127. The molecule has 2 rings (SSSR count). The van der Waals surface area contributed by atoms with Gasteiger partial charge in [0.25, 0.3) is 0 Å². The maximum absolute atomic E-state index is 5.06. The van der Waals surface area contributed by atoms with Crippen molar-refractivity contribution in [3.63, 3.8) is 0 Å². The number of hydrogen-bond donors (Lipinski definition) is 3. The highest BCUT2D eigenvalue weighted by Crippen LogP contribution is 2.15. The predicted octanol–water partition coefficient (Wildman–Crippen LogP) is 3.54. The van der Waals surface area contributed by atoms with Gasteiger partial charge >= 0.3 is 0 Å². The van der Waals surface area contributed by atoms with Gasteiger partial charge in [-0.25, -0.2) is 4.99 Å². The lowest BCUT2D eigenvalue weighted by molar-refractivity contribution is 0.191. The van der Waals surface area contributed by atoms with E-state index in [0.29, 0.717) is 13.2 Å². The third-order valence-corrected chi connectivity index (χ3v) is 5.17. The molecule has 1 aliphatic rings. The normalized spacial score (nSPS) is 15.6. The van der Waals surface area contributed by atoms with Gasteiger partial charge in [0.1, 0.15) is 0 Å². The monoisotopic (exact) mass is 517 g/mol. The van der Waals surface area contributed by atoms with E-state index in [-0.39, 0.29) is 24.0 Å². The summed E-state index contributed by atoms with van der Waals surface area (Å²) in [6.07, 6.45) is 3.84. The fraction of sp³-hybridized carbons (Fsp3) is 0.682. The first-order chi connectivity index (χ1) is 13.7. The molecule has 0 amide bonds. The molecule has 1 aromatic carbocycles. The van der Waals surface area contributed by atoms with Gasteiger partial charge in [-0.05, 0) is 69.4 Å². The van der Waals surface area contributed by atoms with Crippen LogP contribution in [-0.4, -0.2) is 63.8 Å². The number of aliphatic imine (C=N–C) groups is 1.